The Kier molecular flexibility index (Phi) is 5.28. The number of nitrogens with zero attached hydrogens (tertiary/aromatic N) is 2. The molecule has 3 aliphatic rings. The Balaban J connectivity index is 2.07. The standard InChI is InChI=1S/C22H23N3O10/c1-6-7-4-5-8(25(34)35)15(26)10(7)16(27)11-9(6)17(28)13-14(24(2)3)18(29)12(21(23)32)20(31)22(13,33)19(11)30/h4-6,9,13-14,17,26-28,31,33H,1-3H3,(H2,23,32)/t6-,9?,13+,14-,17-,22-/m0/s1. The Bertz CT molecular complexity index is 1280. The van der Waals surface area contributed by atoms with Crippen molar-refractivity contribution in [3.63, 3.8) is 0 Å². The van der Waals surface area contributed by atoms with Crippen molar-refractivity contribution < 1.29 is 44.8 Å². The van der Waals surface area contributed by atoms with Crippen molar-refractivity contribution in [3.05, 3.63) is 50.3 Å². The highest BCUT2D eigenvalue weighted by atomic mass is 16.6. The van der Waals surface area contributed by atoms with Gasteiger partial charge in [0.1, 0.15) is 17.1 Å². The van der Waals surface area contributed by atoms with Crippen molar-refractivity contribution in [3.8, 4) is 5.75 Å². The van der Waals surface area contributed by atoms with Gasteiger partial charge in [0.05, 0.1) is 28.6 Å². The zero-order valence-corrected chi connectivity index (χ0v) is 18.8. The SMILES string of the molecule is C[C@H]1c2ccc([N+](=O)[O-])c(O)c2C(O)=C2C(=O)[C@]3(O)C(O)=C(C(N)=O)C(=O)[C@@H](N(C)C)[C@@H]3[C@@H](O)C21. The molecule has 0 radical (unpaired) electrons. The summed E-state index contributed by atoms with van der Waals surface area (Å²) < 4.78 is 0. The molecular formula is C22H23N3O10. The molecule has 35 heavy (non-hydrogen) atoms. The molecule has 1 saturated carbocycles. The second-order valence-corrected chi connectivity index (χ2v) is 9.20. The van der Waals surface area contributed by atoms with Gasteiger partial charge in [-0.25, -0.2) is 0 Å². The Hall–Kier alpha value is -3.81. The third kappa shape index (κ3) is 2.89. The zero-order valence-electron chi connectivity index (χ0n) is 18.8. The van der Waals surface area contributed by atoms with Gasteiger partial charge in [0.25, 0.3) is 5.91 Å². The smallest absolute Gasteiger partial charge is 0.311 e. The Morgan fingerprint density at radius 3 is 2.31 bits per heavy atom. The van der Waals surface area contributed by atoms with Crippen LogP contribution in [0.3, 0.4) is 0 Å². The Labute approximate surface area is 197 Å². The topological polar surface area (TPSA) is 225 Å². The van der Waals surface area contributed by atoms with E-state index in [4.69, 9.17) is 5.73 Å². The highest BCUT2D eigenvalue weighted by Gasteiger charge is 2.68. The molecule has 0 spiro atoms. The van der Waals surface area contributed by atoms with Crippen LogP contribution in [0.15, 0.2) is 29.0 Å². The Morgan fingerprint density at radius 1 is 1.20 bits per heavy atom. The number of primary amides is 1. The molecule has 186 valence electrons. The minimum absolute atomic E-state index is 0.178. The van der Waals surface area contributed by atoms with Gasteiger partial charge in [0, 0.05) is 17.6 Å². The predicted octanol–water partition coefficient (Wildman–Crippen LogP) is -0.596. The molecule has 1 unspecified atom stereocenters. The minimum atomic E-state index is -3.04. The maximum Gasteiger partial charge on any atom is 0.311 e. The summed E-state index contributed by atoms with van der Waals surface area (Å²) in [5.74, 6) is -10.7. The van der Waals surface area contributed by atoms with Crippen molar-refractivity contribution in [2.75, 3.05) is 14.1 Å². The van der Waals surface area contributed by atoms with Crippen molar-refractivity contribution in [1.82, 2.24) is 4.90 Å². The second kappa shape index (κ2) is 7.60. The number of carbonyl (C=O) groups is 3. The lowest BCUT2D eigenvalue weighted by Crippen LogP contribution is -2.70. The summed E-state index contributed by atoms with van der Waals surface area (Å²) in [7, 11) is 2.81. The van der Waals surface area contributed by atoms with Crippen LogP contribution in [0, 0.1) is 22.0 Å². The summed E-state index contributed by atoms with van der Waals surface area (Å²) in [6.45, 7) is 1.53. The number of phenols is 1. The van der Waals surface area contributed by atoms with Gasteiger partial charge < -0.3 is 31.3 Å². The van der Waals surface area contributed by atoms with E-state index in [-0.39, 0.29) is 5.56 Å². The van der Waals surface area contributed by atoms with Crippen LogP contribution in [0.25, 0.3) is 5.76 Å². The van der Waals surface area contributed by atoms with Crippen LogP contribution in [0.4, 0.5) is 5.69 Å². The van der Waals surface area contributed by atoms with E-state index >= 15 is 0 Å². The number of aliphatic hydroxyl groups excluding tert-OH is 3. The van der Waals surface area contributed by atoms with E-state index < -0.39 is 97.6 Å². The van der Waals surface area contributed by atoms with E-state index in [2.05, 4.69) is 0 Å². The zero-order chi connectivity index (χ0) is 26.3. The molecule has 0 saturated heterocycles. The molecule has 0 aromatic heterocycles. The van der Waals surface area contributed by atoms with Crippen LogP contribution in [-0.4, -0.2) is 84.7 Å². The minimum Gasteiger partial charge on any atom is -0.508 e. The van der Waals surface area contributed by atoms with Gasteiger partial charge in [0.2, 0.25) is 11.5 Å². The number of nitrogens with two attached hydrogens (primary N) is 1. The van der Waals surface area contributed by atoms with Gasteiger partial charge in [-0.2, -0.15) is 0 Å². The molecule has 0 aliphatic heterocycles. The highest BCUT2D eigenvalue weighted by Crippen LogP contribution is 2.56. The number of phenolic OH excluding ortho intramolecular Hbond substituents is 1. The first kappa shape index (κ1) is 24.3. The first-order valence-electron chi connectivity index (χ1n) is 10.5. The number of amides is 1. The fraction of sp³-hybridized carbons (Fsp3) is 0.409. The molecule has 1 fully saturated rings. The van der Waals surface area contributed by atoms with Crippen molar-refractivity contribution >= 4 is 28.9 Å². The highest BCUT2D eigenvalue weighted by molar-refractivity contribution is 6.24. The van der Waals surface area contributed by atoms with Gasteiger partial charge >= 0.3 is 5.69 Å². The molecule has 0 bridgehead atoms. The normalized spacial score (nSPS) is 32.3. The summed E-state index contributed by atoms with van der Waals surface area (Å²) in [5, 5.41) is 66.6. The van der Waals surface area contributed by atoms with Gasteiger partial charge in [-0.3, -0.25) is 29.4 Å². The number of rotatable bonds is 3. The van der Waals surface area contributed by atoms with Gasteiger partial charge in [-0.1, -0.05) is 13.0 Å². The predicted molar refractivity (Wildman–Crippen MR) is 117 cm³/mol. The third-order valence-corrected chi connectivity index (χ3v) is 7.30. The van der Waals surface area contributed by atoms with Crippen LogP contribution >= 0.6 is 0 Å². The molecule has 6 atom stereocenters. The maximum absolute atomic E-state index is 13.7. The molecule has 1 aromatic carbocycles. The average molecular weight is 489 g/mol. The molecule has 7 N–H and O–H groups in total. The first-order chi connectivity index (χ1) is 16.2. The maximum atomic E-state index is 13.7. The number of likely N-dealkylation sites (N-methyl/N-ethyl adjacent to an activating group) is 1. The number of carbonyl (C=O) groups excluding carboxylic acids is 3. The van der Waals surface area contributed by atoms with E-state index in [1.807, 2.05) is 0 Å². The molecule has 3 aliphatic carbocycles. The van der Waals surface area contributed by atoms with Gasteiger partial charge in [0.15, 0.2) is 11.4 Å². The monoisotopic (exact) mass is 489 g/mol. The van der Waals surface area contributed by atoms with Gasteiger partial charge in [-0.05, 0) is 25.6 Å². The second-order valence-electron chi connectivity index (χ2n) is 9.20. The quantitative estimate of drug-likeness (QED) is 0.179. The number of nitro benzene ring substituents is 1. The lowest BCUT2D eigenvalue weighted by molar-refractivity contribution is -0.385. The third-order valence-electron chi connectivity index (χ3n) is 7.30. The van der Waals surface area contributed by atoms with Crippen molar-refractivity contribution in [2.24, 2.45) is 17.6 Å². The number of aliphatic hydroxyl groups is 4. The number of benzene rings is 1. The lowest BCUT2D eigenvalue weighted by Gasteiger charge is -2.53. The van der Waals surface area contributed by atoms with Crippen molar-refractivity contribution in [2.45, 2.75) is 30.6 Å². The fourth-order valence-corrected chi connectivity index (χ4v) is 5.75. The van der Waals surface area contributed by atoms with Crippen LogP contribution in [0.5, 0.6) is 5.75 Å². The molecule has 1 aromatic rings. The molecule has 13 nitrogen and oxygen atoms in total. The van der Waals surface area contributed by atoms with Crippen LogP contribution in [0.2, 0.25) is 0 Å². The average Bonchev–Trinajstić information content (AvgIpc) is 2.75. The summed E-state index contributed by atoms with van der Waals surface area (Å²) in [4.78, 5) is 50.4. The summed E-state index contributed by atoms with van der Waals surface area (Å²) in [6.07, 6.45) is -1.73. The largest absolute Gasteiger partial charge is 0.508 e. The van der Waals surface area contributed by atoms with E-state index in [1.54, 1.807) is 0 Å². The summed E-state index contributed by atoms with van der Waals surface area (Å²) in [6, 6.07) is 0.817. The summed E-state index contributed by atoms with van der Waals surface area (Å²) in [5.41, 5.74) is -0.450. The lowest BCUT2D eigenvalue weighted by atomic mass is 9.54. The molecule has 1 amide bonds. The number of nitro groups is 1. The van der Waals surface area contributed by atoms with Crippen LogP contribution < -0.4 is 5.73 Å². The van der Waals surface area contributed by atoms with Gasteiger partial charge in [-0.15, -0.1) is 0 Å². The van der Waals surface area contributed by atoms with Crippen LogP contribution in [0.1, 0.15) is 24.0 Å². The van der Waals surface area contributed by atoms with E-state index in [0.717, 1.165) is 6.07 Å². The number of fused-ring (bicyclic) bond motifs is 3. The van der Waals surface area contributed by atoms with Crippen LogP contribution in [-0.2, 0) is 14.4 Å². The molecular weight excluding hydrogens is 466 g/mol. The van der Waals surface area contributed by atoms with E-state index in [9.17, 15) is 50.0 Å². The Morgan fingerprint density at radius 2 is 1.80 bits per heavy atom. The molecule has 4 rings (SSSR count). The number of hydrogen-bond donors (Lipinski definition) is 6. The van der Waals surface area contributed by atoms with Crippen molar-refractivity contribution in [1.29, 1.82) is 0 Å². The number of Topliss-reactive ketones (excluding diaryl/α,β-unsaturated/α-hetero) is 2. The number of ketones is 2. The molecule has 13 heteroatoms. The van der Waals surface area contributed by atoms with E-state index in [0.29, 0.717) is 0 Å². The number of aromatic hydroxyl groups is 1. The first-order valence-corrected chi connectivity index (χ1v) is 10.5. The van der Waals surface area contributed by atoms with E-state index in [1.165, 1.54) is 32.0 Å². The number of hydrogen-bond acceptors (Lipinski definition) is 11. The molecule has 0 heterocycles. The fourth-order valence-electron chi connectivity index (χ4n) is 5.75. The summed E-state index contributed by atoms with van der Waals surface area (Å²) >= 11 is 0.